The number of carbonyl (C=O) groups excluding carboxylic acids is 1. The van der Waals surface area contributed by atoms with Crippen molar-refractivity contribution in [2.45, 2.75) is 37.2 Å². The summed E-state index contributed by atoms with van der Waals surface area (Å²) in [5.74, 6) is 1.31. The van der Waals surface area contributed by atoms with Crippen molar-refractivity contribution in [3.8, 4) is 17.2 Å². The van der Waals surface area contributed by atoms with Crippen molar-refractivity contribution in [2.24, 2.45) is 0 Å². The van der Waals surface area contributed by atoms with E-state index in [2.05, 4.69) is 5.32 Å². The fourth-order valence-electron chi connectivity index (χ4n) is 3.41. The number of amides is 1. The summed E-state index contributed by atoms with van der Waals surface area (Å²) < 4.78 is 43.4. The molecular formula is C23H30N2O6S. The highest BCUT2D eigenvalue weighted by Gasteiger charge is 2.25. The molecule has 1 saturated heterocycles. The zero-order chi connectivity index (χ0) is 23.0. The first-order valence-electron chi connectivity index (χ1n) is 10.7. The number of hydrogen-bond donors (Lipinski definition) is 1. The molecule has 0 bridgehead atoms. The van der Waals surface area contributed by atoms with Crippen LogP contribution in [0.25, 0.3) is 0 Å². The summed E-state index contributed by atoms with van der Waals surface area (Å²) >= 11 is 0. The number of ether oxygens (including phenoxy) is 3. The van der Waals surface area contributed by atoms with E-state index < -0.39 is 16.1 Å². The fraction of sp³-hybridized carbons (Fsp3) is 0.435. The van der Waals surface area contributed by atoms with Crippen LogP contribution in [0.1, 0.15) is 26.2 Å². The lowest BCUT2D eigenvalue weighted by Gasteiger charge is -2.25. The van der Waals surface area contributed by atoms with Gasteiger partial charge in [-0.2, -0.15) is 4.31 Å². The molecule has 0 spiro atoms. The molecule has 0 saturated carbocycles. The van der Waals surface area contributed by atoms with Crippen LogP contribution in [0.4, 0.5) is 0 Å². The summed E-state index contributed by atoms with van der Waals surface area (Å²) in [5, 5.41) is 2.76. The van der Waals surface area contributed by atoms with Gasteiger partial charge in [0.25, 0.3) is 5.91 Å². The molecule has 32 heavy (non-hydrogen) atoms. The van der Waals surface area contributed by atoms with Crippen LogP contribution in [-0.4, -0.2) is 58.1 Å². The second-order valence-corrected chi connectivity index (χ2v) is 9.42. The zero-order valence-electron chi connectivity index (χ0n) is 18.5. The number of piperidine rings is 1. The Hall–Kier alpha value is -2.78. The van der Waals surface area contributed by atoms with Gasteiger partial charge in [0.1, 0.15) is 12.4 Å². The quantitative estimate of drug-likeness (QED) is 0.546. The SMILES string of the molecule is COc1ccccc1O[C@H](C)C(=O)NCCOc1ccc(S(=O)(=O)N2CCCCC2)cc1. The average Bonchev–Trinajstić information content (AvgIpc) is 2.83. The molecule has 1 atom stereocenters. The van der Waals surface area contributed by atoms with Crippen LogP contribution in [0.2, 0.25) is 0 Å². The Labute approximate surface area is 189 Å². The molecule has 3 rings (SSSR count). The molecule has 174 valence electrons. The fourth-order valence-corrected chi connectivity index (χ4v) is 4.93. The van der Waals surface area contributed by atoms with Crippen molar-refractivity contribution >= 4 is 15.9 Å². The predicted octanol–water partition coefficient (Wildman–Crippen LogP) is 2.83. The molecule has 0 unspecified atom stereocenters. The second kappa shape index (κ2) is 11.2. The van der Waals surface area contributed by atoms with Gasteiger partial charge in [-0.3, -0.25) is 4.79 Å². The van der Waals surface area contributed by atoms with E-state index in [9.17, 15) is 13.2 Å². The van der Waals surface area contributed by atoms with Crippen molar-refractivity contribution < 1.29 is 27.4 Å². The third-order valence-electron chi connectivity index (χ3n) is 5.19. The monoisotopic (exact) mass is 462 g/mol. The Balaban J connectivity index is 1.43. The van der Waals surface area contributed by atoms with E-state index in [1.165, 1.54) is 4.31 Å². The number of methoxy groups -OCH3 is 1. The van der Waals surface area contributed by atoms with Gasteiger partial charge in [-0.05, 0) is 56.2 Å². The number of hydrogen-bond acceptors (Lipinski definition) is 6. The summed E-state index contributed by atoms with van der Waals surface area (Å²) in [6.45, 7) is 3.32. The molecule has 0 radical (unpaired) electrons. The summed E-state index contributed by atoms with van der Waals surface area (Å²) in [7, 11) is -1.92. The highest BCUT2D eigenvalue weighted by molar-refractivity contribution is 7.89. The van der Waals surface area contributed by atoms with Crippen LogP contribution in [0.3, 0.4) is 0 Å². The Morgan fingerprint density at radius 3 is 2.34 bits per heavy atom. The third-order valence-corrected chi connectivity index (χ3v) is 7.10. The molecule has 1 aliphatic heterocycles. The lowest BCUT2D eigenvalue weighted by molar-refractivity contribution is -0.127. The maximum absolute atomic E-state index is 12.7. The van der Waals surface area contributed by atoms with Gasteiger partial charge < -0.3 is 19.5 Å². The molecule has 0 aliphatic carbocycles. The molecule has 1 aliphatic rings. The Kier molecular flexibility index (Phi) is 8.35. The smallest absolute Gasteiger partial charge is 0.260 e. The zero-order valence-corrected chi connectivity index (χ0v) is 19.3. The summed E-state index contributed by atoms with van der Waals surface area (Å²) in [6, 6.07) is 13.5. The average molecular weight is 463 g/mol. The molecule has 9 heteroatoms. The number of carbonyl (C=O) groups is 1. The van der Waals surface area contributed by atoms with E-state index in [-0.39, 0.29) is 24.0 Å². The molecule has 1 N–H and O–H groups in total. The highest BCUT2D eigenvalue weighted by Crippen LogP contribution is 2.27. The summed E-state index contributed by atoms with van der Waals surface area (Å²) in [4.78, 5) is 12.5. The van der Waals surface area contributed by atoms with E-state index in [1.807, 2.05) is 6.07 Å². The van der Waals surface area contributed by atoms with Crippen LogP contribution in [0.15, 0.2) is 53.4 Å². The van der Waals surface area contributed by atoms with Crippen molar-refractivity contribution in [3.05, 3.63) is 48.5 Å². The highest BCUT2D eigenvalue weighted by atomic mass is 32.2. The van der Waals surface area contributed by atoms with Crippen LogP contribution in [0.5, 0.6) is 17.2 Å². The predicted molar refractivity (Wildman–Crippen MR) is 121 cm³/mol. The van der Waals surface area contributed by atoms with E-state index in [0.717, 1.165) is 19.3 Å². The van der Waals surface area contributed by atoms with Crippen LogP contribution < -0.4 is 19.5 Å². The van der Waals surface area contributed by atoms with Crippen molar-refractivity contribution in [3.63, 3.8) is 0 Å². The maximum Gasteiger partial charge on any atom is 0.260 e. The van der Waals surface area contributed by atoms with Crippen LogP contribution in [-0.2, 0) is 14.8 Å². The lowest BCUT2D eigenvalue weighted by Crippen LogP contribution is -2.38. The number of benzene rings is 2. The van der Waals surface area contributed by atoms with Gasteiger partial charge >= 0.3 is 0 Å². The molecule has 8 nitrogen and oxygen atoms in total. The molecule has 1 fully saturated rings. The maximum atomic E-state index is 12.7. The van der Waals surface area contributed by atoms with E-state index in [4.69, 9.17) is 14.2 Å². The molecule has 0 aromatic heterocycles. The lowest BCUT2D eigenvalue weighted by atomic mass is 10.2. The number of nitrogens with one attached hydrogen (secondary N) is 1. The van der Waals surface area contributed by atoms with Gasteiger partial charge in [-0.15, -0.1) is 0 Å². The molecule has 1 heterocycles. The number of nitrogens with zero attached hydrogens (tertiary/aromatic N) is 1. The van der Waals surface area contributed by atoms with Gasteiger partial charge in [0.2, 0.25) is 10.0 Å². The minimum Gasteiger partial charge on any atom is -0.493 e. The number of sulfonamides is 1. The first-order valence-corrected chi connectivity index (χ1v) is 12.2. The van der Waals surface area contributed by atoms with Gasteiger partial charge in [0.15, 0.2) is 17.6 Å². The Bertz CT molecular complexity index is 988. The van der Waals surface area contributed by atoms with Crippen molar-refractivity contribution in [2.75, 3.05) is 33.4 Å². The van der Waals surface area contributed by atoms with Crippen molar-refractivity contribution in [1.82, 2.24) is 9.62 Å². The topological polar surface area (TPSA) is 94.2 Å². The molecule has 2 aromatic carbocycles. The Morgan fingerprint density at radius 1 is 1.03 bits per heavy atom. The van der Waals surface area contributed by atoms with Gasteiger partial charge in [0.05, 0.1) is 18.6 Å². The van der Waals surface area contributed by atoms with Crippen LogP contribution >= 0.6 is 0 Å². The van der Waals surface area contributed by atoms with E-state index in [1.54, 1.807) is 56.5 Å². The summed E-state index contributed by atoms with van der Waals surface area (Å²) in [5.41, 5.74) is 0. The van der Waals surface area contributed by atoms with Crippen LogP contribution in [0, 0.1) is 0 Å². The van der Waals surface area contributed by atoms with Gasteiger partial charge in [-0.1, -0.05) is 18.6 Å². The number of rotatable bonds is 10. The normalized spacial score (nSPS) is 15.6. The minimum absolute atomic E-state index is 0.241. The summed E-state index contributed by atoms with van der Waals surface area (Å²) in [6.07, 6.45) is 2.16. The second-order valence-electron chi connectivity index (χ2n) is 7.49. The standard InChI is InChI=1S/C23H30N2O6S/c1-18(31-22-9-5-4-8-21(22)29-2)23(26)24-14-17-30-19-10-12-20(13-11-19)32(27,28)25-15-6-3-7-16-25/h4-5,8-13,18H,3,6-7,14-17H2,1-2H3,(H,24,26)/t18-/m1/s1. The largest absolute Gasteiger partial charge is 0.493 e. The molecule has 2 aromatic rings. The van der Waals surface area contributed by atoms with E-state index in [0.29, 0.717) is 30.3 Å². The van der Waals surface area contributed by atoms with Crippen molar-refractivity contribution in [1.29, 1.82) is 0 Å². The number of para-hydroxylation sites is 2. The van der Waals surface area contributed by atoms with E-state index >= 15 is 0 Å². The van der Waals surface area contributed by atoms with Gasteiger partial charge in [-0.25, -0.2) is 8.42 Å². The third kappa shape index (κ3) is 6.14. The first-order chi connectivity index (χ1) is 15.4. The minimum atomic E-state index is -3.46. The van der Waals surface area contributed by atoms with Gasteiger partial charge in [0, 0.05) is 13.1 Å². The molecule has 1 amide bonds. The first kappa shape index (κ1) is 23.9. The molecular weight excluding hydrogens is 432 g/mol. The Morgan fingerprint density at radius 2 is 1.69 bits per heavy atom.